The molecule has 48 heavy (non-hydrogen) atoms. The van der Waals surface area contributed by atoms with E-state index in [0.717, 1.165) is 39.1 Å². The summed E-state index contributed by atoms with van der Waals surface area (Å²) in [6.45, 7) is 4.38. The summed E-state index contributed by atoms with van der Waals surface area (Å²) in [5, 5.41) is 9.90. The molecule has 225 valence electrons. The maximum absolute atomic E-state index is 6.51. The lowest BCUT2D eigenvalue weighted by molar-refractivity contribution is 0.632. The van der Waals surface area contributed by atoms with E-state index < -0.39 is 0 Å². The van der Waals surface area contributed by atoms with Crippen LogP contribution in [0.2, 0.25) is 0 Å². The number of aryl methyl sites for hydroxylation is 2. The van der Waals surface area contributed by atoms with Crippen LogP contribution in [0, 0.1) is 13.8 Å². The van der Waals surface area contributed by atoms with Crippen molar-refractivity contribution in [2.24, 2.45) is 0 Å². The number of fused-ring (bicyclic) bond motifs is 8. The van der Waals surface area contributed by atoms with Gasteiger partial charge in [0, 0.05) is 55.3 Å². The van der Waals surface area contributed by atoms with Crippen molar-refractivity contribution in [1.82, 2.24) is 4.57 Å². The Morgan fingerprint density at radius 2 is 1.42 bits per heavy atom. The van der Waals surface area contributed by atoms with E-state index in [4.69, 9.17) is 4.42 Å². The quantitative estimate of drug-likeness (QED) is 0.200. The summed E-state index contributed by atoms with van der Waals surface area (Å²) in [4.78, 5) is 0. The zero-order chi connectivity index (χ0) is 31.9. The topological polar surface area (TPSA) is 30.1 Å². The minimum absolute atomic E-state index is 0.881. The van der Waals surface area contributed by atoms with Gasteiger partial charge in [-0.2, -0.15) is 0 Å². The average molecular weight is 614 g/mol. The van der Waals surface area contributed by atoms with Crippen molar-refractivity contribution in [3.8, 4) is 28.1 Å². The number of hydrogen-bond donors (Lipinski definition) is 1. The number of nitrogens with zero attached hydrogens (tertiary/aromatic N) is 1. The first kappa shape index (κ1) is 27.1. The highest BCUT2D eigenvalue weighted by Crippen LogP contribution is 2.42. The van der Waals surface area contributed by atoms with Gasteiger partial charge in [-0.25, -0.2) is 0 Å². The molecule has 1 N–H and O–H groups in total. The summed E-state index contributed by atoms with van der Waals surface area (Å²) in [5.74, 6) is 0.881. The highest BCUT2D eigenvalue weighted by Gasteiger charge is 2.29. The summed E-state index contributed by atoms with van der Waals surface area (Å²) >= 11 is 0. The third kappa shape index (κ3) is 4.02. The fraction of sp³-hybridized carbons (Fsp3) is 0.0455. The van der Waals surface area contributed by atoms with Gasteiger partial charge >= 0.3 is 0 Å². The summed E-state index contributed by atoms with van der Waals surface area (Å²) in [6, 6.07) is 50.1. The smallest absolute Gasteiger partial charge is 0.198 e. The van der Waals surface area contributed by atoms with E-state index in [1.54, 1.807) is 0 Å². The van der Waals surface area contributed by atoms with Crippen molar-refractivity contribution in [3.05, 3.63) is 151 Å². The van der Waals surface area contributed by atoms with E-state index >= 15 is 0 Å². The fourth-order valence-electron chi connectivity index (χ4n) is 7.73. The maximum atomic E-state index is 6.51. The molecule has 7 aromatic carbocycles. The lowest BCUT2D eigenvalue weighted by Gasteiger charge is -2.24. The Bertz CT molecular complexity index is 2740. The third-order valence-electron chi connectivity index (χ3n) is 9.97. The molecule has 0 unspecified atom stereocenters. The molecule has 10 rings (SSSR count). The van der Waals surface area contributed by atoms with Gasteiger partial charge in [-0.05, 0) is 72.2 Å². The van der Waals surface area contributed by atoms with Gasteiger partial charge in [-0.3, -0.25) is 0 Å². The molecule has 0 fully saturated rings. The zero-order valence-electron chi connectivity index (χ0n) is 26.7. The van der Waals surface area contributed by atoms with Crippen LogP contribution in [-0.4, -0.2) is 11.8 Å². The number of benzene rings is 7. The monoisotopic (exact) mass is 613 g/mol. The van der Waals surface area contributed by atoms with Gasteiger partial charge in [0.1, 0.15) is 11.3 Å². The zero-order valence-corrected chi connectivity index (χ0v) is 26.7. The van der Waals surface area contributed by atoms with Gasteiger partial charge < -0.3 is 14.3 Å². The number of nitrogens with one attached hydrogen (secondary N) is 1. The normalized spacial score (nSPS) is 12.1. The Balaban J connectivity index is 1.28. The Kier molecular flexibility index (Phi) is 5.80. The Morgan fingerprint density at radius 1 is 0.625 bits per heavy atom. The first-order valence-electron chi connectivity index (χ1n) is 16.5. The van der Waals surface area contributed by atoms with E-state index in [9.17, 15) is 0 Å². The standard InChI is InChI=1S/C44H30BN2O/c1-26-16-19-31(20-17-26)46-37-15-9-8-14-33(37)35-22-27(2)41-34-21-18-28-10-6-7-13-32(28)43(34)47-38-23-30-24-39(29-11-4-3-5-12-29)48-40(30)25-36(38)45-42(35)44(41)47/h3-25,46H,1-2H3. The molecule has 9 aromatic rings. The molecule has 3 nitrogen and oxygen atoms in total. The highest BCUT2D eigenvalue weighted by atomic mass is 16.3. The van der Waals surface area contributed by atoms with E-state index in [0.29, 0.717) is 0 Å². The van der Waals surface area contributed by atoms with Gasteiger partial charge in [0.2, 0.25) is 0 Å². The molecule has 0 amide bonds. The molecule has 0 aliphatic carbocycles. The minimum atomic E-state index is 0.881. The number of aromatic nitrogens is 1. The summed E-state index contributed by atoms with van der Waals surface area (Å²) in [7, 11) is 2.38. The Morgan fingerprint density at radius 3 is 2.29 bits per heavy atom. The van der Waals surface area contributed by atoms with E-state index in [-0.39, 0.29) is 0 Å². The summed E-state index contributed by atoms with van der Waals surface area (Å²) in [6.07, 6.45) is 0. The van der Waals surface area contributed by atoms with Crippen molar-refractivity contribution in [2.75, 3.05) is 5.32 Å². The van der Waals surface area contributed by atoms with Crippen LogP contribution in [-0.2, 0) is 0 Å². The molecule has 4 heteroatoms. The van der Waals surface area contributed by atoms with Gasteiger partial charge in [-0.1, -0.05) is 114 Å². The van der Waals surface area contributed by atoms with Crippen LogP contribution in [0.15, 0.2) is 144 Å². The average Bonchev–Trinajstić information content (AvgIpc) is 3.71. The number of para-hydroxylation sites is 1. The molecule has 0 bridgehead atoms. The fourth-order valence-corrected chi connectivity index (χ4v) is 7.73. The van der Waals surface area contributed by atoms with Gasteiger partial charge in [0.15, 0.2) is 7.28 Å². The van der Waals surface area contributed by atoms with Crippen LogP contribution in [0.1, 0.15) is 11.1 Å². The predicted octanol–water partition coefficient (Wildman–Crippen LogP) is 10.3. The number of hydrogen-bond acceptors (Lipinski definition) is 2. The second-order valence-corrected chi connectivity index (χ2v) is 13.0. The van der Waals surface area contributed by atoms with Crippen molar-refractivity contribution in [1.29, 1.82) is 0 Å². The molecular formula is C44H30BN2O. The molecule has 0 saturated carbocycles. The predicted molar refractivity (Wildman–Crippen MR) is 203 cm³/mol. The molecule has 1 aliphatic rings. The van der Waals surface area contributed by atoms with Crippen molar-refractivity contribution in [3.63, 3.8) is 0 Å². The van der Waals surface area contributed by atoms with E-state index in [1.165, 1.54) is 66.0 Å². The van der Waals surface area contributed by atoms with Crippen molar-refractivity contribution in [2.45, 2.75) is 13.8 Å². The summed E-state index contributed by atoms with van der Waals surface area (Å²) < 4.78 is 9.04. The first-order chi connectivity index (χ1) is 23.6. The van der Waals surface area contributed by atoms with Gasteiger partial charge in [0.05, 0.1) is 5.52 Å². The van der Waals surface area contributed by atoms with Gasteiger partial charge in [-0.15, -0.1) is 0 Å². The largest absolute Gasteiger partial charge is 0.456 e. The molecule has 1 aliphatic heterocycles. The molecule has 1 radical (unpaired) electrons. The van der Waals surface area contributed by atoms with E-state index in [2.05, 4.69) is 164 Å². The lowest BCUT2D eigenvalue weighted by Crippen LogP contribution is -2.37. The number of anilines is 2. The third-order valence-corrected chi connectivity index (χ3v) is 9.97. The van der Waals surface area contributed by atoms with E-state index in [1.807, 2.05) is 6.07 Å². The molecule has 0 atom stereocenters. The molecule has 0 spiro atoms. The van der Waals surface area contributed by atoms with Crippen LogP contribution in [0.25, 0.3) is 71.7 Å². The van der Waals surface area contributed by atoms with Crippen molar-refractivity contribution >= 4 is 73.1 Å². The molecule has 0 saturated heterocycles. The highest BCUT2D eigenvalue weighted by molar-refractivity contribution is 6.73. The maximum Gasteiger partial charge on any atom is 0.198 e. The SMILES string of the molecule is Cc1ccc(Nc2ccccc2-c2cc(C)c3c4ccc5ccccc5c4n4c3c2[B]c2cc3oc(-c5ccccc5)cc3cc2-4)cc1. The van der Waals surface area contributed by atoms with Crippen LogP contribution in [0.4, 0.5) is 11.4 Å². The number of rotatable bonds is 4. The van der Waals surface area contributed by atoms with Crippen LogP contribution < -0.4 is 16.2 Å². The minimum Gasteiger partial charge on any atom is -0.456 e. The Hall–Kier alpha value is -6.00. The second kappa shape index (κ2) is 10.3. The molecule has 3 heterocycles. The molecular weight excluding hydrogens is 583 g/mol. The van der Waals surface area contributed by atoms with Crippen molar-refractivity contribution < 1.29 is 4.42 Å². The lowest BCUT2D eigenvalue weighted by atomic mass is 9.58. The van der Waals surface area contributed by atoms with Crippen LogP contribution >= 0.6 is 0 Å². The van der Waals surface area contributed by atoms with Gasteiger partial charge in [0.25, 0.3) is 0 Å². The molecule has 2 aromatic heterocycles. The number of furan rings is 1. The summed E-state index contributed by atoms with van der Waals surface area (Å²) in [5.41, 5.74) is 15.0. The first-order valence-corrected chi connectivity index (χ1v) is 16.5. The Labute approximate surface area is 279 Å². The van der Waals surface area contributed by atoms with Crippen LogP contribution in [0.3, 0.4) is 0 Å². The second-order valence-electron chi connectivity index (χ2n) is 13.0. The van der Waals surface area contributed by atoms with Crippen LogP contribution in [0.5, 0.6) is 0 Å².